The Morgan fingerprint density at radius 1 is 0.865 bits per heavy atom. The van der Waals surface area contributed by atoms with Gasteiger partial charge in [0.05, 0.1) is 15.5 Å². The Bertz CT molecular complexity index is 1460. The molecule has 1 aliphatic heterocycles. The lowest BCUT2D eigenvalue weighted by atomic mass is 10.3. The number of anilines is 1. The van der Waals surface area contributed by atoms with Crippen LogP contribution in [0, 0.1) is 5.82 Å². The number of halogens is 1. The Hall–Kier alpha value is -2.93. The predicted molar refractivity (Wildman–Crippen MR) is 141 cm³/mol. The molecule has 0 radical (unpaired) electrons. The van der Waals surface area contributed by atoms with E-state index in [1.165, 1.54) is 63.4 Å². The van der Waals surface area contributed by atoms with Crippen molar-refractivity contribution in [3.8, 4) is 0 Å². The second-order valence-corrected chi connectivity index (χ2v) is 12.9. The summed E-state index contributed by atoms with van der Waals surface area (Å²) in [5, 5.41) is 0. The highest BCUT2D eigenvalue weighted by Crippen LogP contribution is 2.26. The first-order chi connectivity index (χ1) is 17.6. The van der Waals surface area contributed by atoms with Crippen LogP contribution in [-0.4, -0.2) is 70.9 Å². The number of sulfonamides is 2. The van der Waals surface area contributed by atoms with Gasteiger partial charge in [0.2, 0.25) is 15.9 Å². The van der Waals surface area contributed by atoms with Gasteiger partial charge >= 0.3 is 0 Å². The molecule has 3 aromatic rings. The number of amides is 1. The molecule has 0 aromatic heterocycles. The minimum Gasteiger partial charge on any atom is -0.338 e. The fraction of sp³-hybridized carbons (Fsp3) is 0.240. The molecular weight excluding hydrogens is 537 g/mol. The molecule has 196 valence electrons. The van der Waals surface area contributed by atoms with E-state index in [2.05, 4.69) is 0 Å². The molecule has 0 N–H and O–H groups in total. The maximum Gasteiger partial charge on any atom is 0.264 e. The van der Waals surface area contributed by atoms with E-state index in [0.29, 0.717) is 0 Å². The van der Waals surface area contributed by atoms with Crippen molar-refractivity contribution >= 4 is 43.4 Å². The third-order valence-electron chi connectivity index (χ3n) is 5.99. The number of benzene rings is 3. The Morgan fingerprint density at radius 2 is 1.51 bits per heavy atom. The maximum absolute atomic E-state index is 14.0. The van der Waals surface area contributed by atoms with E-state index < -0.39 is 38.3 Å². The summed E-state index contributed by atoms with van der Waals surface area (Å²) < 4.78 is 69.1. The SMILES string of the molecule is CSc1ccc(S(=O)(=O)N(CC(=O)N2CCN(S(=O)(=O)c3ccccc3)CC2)c2cccc(F)c2)cc1. The summed E-state index contributed by atoms with van der Waals surface area (Å²) in [4.78, 5) is 15.7. The van der Waals surface area contributed by atoms with Crippen LogP contribution in [0.25, 0.3) is 0 Å². The number of hydrogen-bond acceptors (Lipinski definition) is 6. The number of carbonyl (C=O) groups is 1. The lowest BCUT2D eigenvalue weighted by Crippen LogP contribution is -2.53. The average Bonchev–Trinajstić information content (AvgIpc) is 2.92. The van der Waals surface area contributed by atoms with E-state index in [1.54, 1.807) is 30.3 Å². The second kappa shape index (κ2) is 11.2. The standard InChI is InChI=1S/C25H26FN3O5S3/c1-35-22-10-12-24(13-11-22)37(33,34)29(21-7-5-6-20(26)18-21)19-25(30)27-14-16-28(17-15-27)36(31,32)23-8-3-2-4-9-23/h2-13,18H,14-17,19H2,1H3. The molecule has 8 nitrogen and oxygen atoms in total. The van der Waals surface area contributed by atoms with Gasteiger partial charge < -0.3 is 4.90 Å². The highest BCUT2D eigenvalue weighted by Gasteiger charge is 2.33. The van der Waals surface area contributed by atoms with Gasteiger partial charge in [-0.3, -0.25) is 9.10 Å². The molecule has 3 aromatic carbocycles. The molecule has 1 fully saturated rings. The van der Waals surface area contributed by atoms with Gasteiger partial charge in [0.15, 0.2) is 0 Å². The smallest absolute Gasteiger partial charge is 0.264 e. The topological polar surface area (TPSA) is 95.1 Å². The molecule has 0 atom stereocenters. The lowest BCUT2D eigenvalue weighted by Gasteiger charge is -2.35. The molecule has 1 amide bonds. The van der Waals surface area contributed by atoms with Gasteiger partial charge in [-0.2, -0.15) is 4.31 Å². The van der Waals surface area contributed by atoms with E-state index >= 15 is 0 Å². The normalized spacial score (nSPS) is 14.9. The number of carbonyl (C=O) groups excluding carboxylic acids is 1. The predicted octanol–water partition coefficient (Wildman–Crippen LogP) is 3.28. The van der Waals surface area contributed by atoms with Crippen molar-refractivity contribution in [2.75, 3.05) is 43.3 Å². The molecule has 0 saturated carbocycles. The van der Waals surface area contributed by atoms with Crippen LogP contribution in [-0.2, 0) is 24.8 Å². The zero-order valence-corrected chi connectivity index (χ0v) is 22.5. The summed E-state index contributed by atoms with van der Waals surface area (Å²) in [6.07, 6.45) is 1.87. The number of hydrogen-bond donors (Lipinski definition) is 0. The quantitative estimate of drug-likeness (QED) is 0.391. The van der Waals surface area contributed by atoms with Crippen LogP contribution >= 0.6 is 11.8 Å². The van der Waals surface area contributed by atoms with E-state index in [1.807, 2.05) is 6.26 Å². The molecule has 37 heavy (non-hydrogen) atoms. The van der Waals surface area contributed by atoms with Gasteiger partial charge in [0.25, 0.3) is 10.0 Å². The van der Waals surface area contributed by atoms with Crippen LogP contribution in [0.4, 0.5) is 10.1 Å². The van der Waals surface area contributed by atoms with Crippen LogP contribution in [0.1, 0.15) is 0 Å². The highest BCUT2D eigenvalue weighted by atomic mass is 32.2. The third-order valence-corrected chi connectivity index (χ3v) is 10.4. The Morgan fingerprint density at radius 3 is 2.11 bits per heavy atom. The van der Waals surface area contributed by atoms with Crippen LogP contribution in [0.5, 0.6) is 0 Å². The van der Waals surface area contributed by atoms with Crippen molar-refractivity contribution in [1.29, 1.82) is 0 Å². The summed E-state index contributed by atoms with van der Waals surface area (Å²) in [5.74, 6) is -1.15. The first-order valence-corrected chi connectivity index (χ1v) is 15.5. The molecule has 1 saturated heterocycles. The van der Waals surface area contributed by atoms with Crippen LogP contribution in [0.15, 0.2) is 93.5 Å². The molecule has 4 rings (SSSR count). The van der Waals surface area contributed by atoms with E-state index in [9.17, 15) is 26.0 Å². The van der Waals surface area contributed by atoms with E-state index in [4.69, 9.17) is 0 Å². The molecule has 0 spiro atoms. The number of piperazine rings is 1. The van der Waals surface area contributed by atoms with Gasteiger partial charge in [-0.1, -0.05) is 24.3 Å². The van der Waals surface area contributed by atoms with Crippen molar-refractivity contribution < 1.29 is 26.0 Å². The molecular formula is C25H26FN3O5S3. The zero-order valence-electron chi connectivity index (χ0n) is 20.0. The third kappa shape index (κ3) is 5.98. The number of rotatable bonds is 8. The van der Waals surface area contributed by atoms with E-state index in [-0.39, 0.29) is 41.7 Å². The van der Waals surface area contributed by atoms with Gasteiger partial charge in [0.1, 0.15) is 12.4 Å². The summed E-state index contributed by atoms with van der Waals surface area (Å²) in [5.41, 5.74) is 0.0209. The largest absolute Gasteiger partial charge is 0.338 e. The summed E-state index contributed by atoms with van der Waals surface area (Å²) in [6, 6.07) is 19.3. The summed E-state index contributed by atoms with van der Waals surface area (Å²) in [6.45, 7) is -0.201. The Kier molecular flexibility index (Phi) is 8.22. The van der Waals surface area contributed by atoms with E-state index in [0.717, 1.165) is 15.3 Å². The van der Waals surface area contributed by atoms with Gasteiger partial charge in [-0.25, -0.2) is 21.2 Å². The molecule has 1 aliphatic rings. The molecule has 0 unspecified atom stereocenters. The first-order valence-electron chi connectivity index (χ1n) is 11.4. The van der Waals surface area contributed by atoms with Crippen molar-refractivity contribution in [2.45, 2.75) is 14.7 Å². The van der Waals surface area contributed by atoms with Crippen LogP contribution in [0.3, 0.4) is 0 Å². The molecule has 0 aliphatic carbocycles. The minimum atomic E-state index is -4.20. The highest BCUT2D eigenvalue weighted by molar-refractivity contribution is 7.98. The summed E-state index contributed by atoms with van der Waals surface area (Å²) in [7, 11) is -7.90. The fourth-order valence-corrected chi connectivity index (χ4v) is 7.22. The molecule has 0 bridgehead atoms. The fourth-order valence-electron chi connectivity index (χ4n) is 3.96. The van der Waals surface area contributed by atoms with Gasteiger partial charge in [0, 0.05) is 31.1 Å². The Labute approximate surface area is 220 Å². The maximum atomic E-state index is 14.0. The first kappa shape index (κ1) is 27.1. The minimum absolute atomic E-state index is 0.0209. The van der Waals surface area contributed by atoms with Crippen molar-refractivity contribution in [3.05, 3.63) is 84.7 Å². The van der Waals surface area contributed by atoms with Crippen molar-refractivity contribution in [2.24, 2.45) is 0 Å². The number of thioether (sulfide) groups is 1. The monoisotopic (exact) mass is 563 g/mol. The van der Waals surface area contributed by atoms with Gasteiger partial charge in [-0.05, 0) is 60.9 Å². The van der Waals surface area contributed by atoms with Crippen molar-refractivity contribution in [3.63, 3.8) is 0 Å². The van der Waals surface area contributed by atoms with Crippen LogP contribution < -0.4 is 4.31 Å². The second-order valence-electron chi connectivity index (χ2n) is 8.27. The Balaban J connectivity index is 1.53. The molecule has 12 heteroatoms. The van der Waals surface area contributed by atoms with Crippen molar-refractivity contribution in [1.82, 2.24) is 9.21 Å². The number of nitrogens with zero attached hydrogens (tertiary/aromatic N) is 3. The lowest BCUT2D eigenvalue weighted by molar-refractivity contribution is -0.130. The zero-order chi connectivity index (χ0) is 26.6. The van der Waals surface area contributed by atoms with Crippen LogP contribution in [0.2, 0.25) is 0 Å². The van der Waals surface area contributed by atoms with Gasteiger partial charge in [-0.15, -0.1) is 11.8 Å². The molecule has 1 heterocycles. The summed E-state index contributed by atoms with van der Waals surface area (Å²) >= 11 is 1.46. The average molecular weight is 564 g/mol.